The third-order valence-electron chi connectivity index (χ3n) is 3.54. The van der Waals surface area contributed by atoms with Crippen molar-refractivity contribution < 1.29 is 27.5 Å². The van der Waals surface area contributed by atoms with Crippen LogP contribution in [0.1, 0.15) is 20.3 Å². The molecule has 1 saturated heterocycles. The summed E-state index contributed by atoms with van der Waals surface area (Å²) in [4.78, 5) is 29.3. The largest absolute Gasteiger partial charge is 0.468 e. The Bertz CT molecular complexity index is 602. The molecule has 2 amide bonds. The van der Waals surface area contributed by atoms with Gasteiger partial charge in [0.05, 0.1) is 17.8 Å². The van der Waals surface area contributed by atoms with Gasteiger partial charge < -0.3 is 15.0 Å². The number of carbonyl (C=O) groups is 2. The summed E-state index contributed by atoms with van der Waals surface area (Å²) in [6.07, 6.45) is -3.09. The first-order chi connectivity index (χ1) is 11.2. The van der Waals surface area contributed by atoms with E-state index in [4.69, 9.17) is 0 Å². The van der Waals surface area contributed by atoms with Crippen molar-refractivity contribution in [2.24, 2.45) is 5.92 Å². The molecule has 24 heavy (non-hydrogen) atoms. The minimum absolute atomic E-state index is 0.0297. The number of nitrogens with zero attached hydrogens (tertiary/aromatic N) is 2. The van der Waals surface area contributed by atoms with Crippen LogP contribution in [0.15, 0.2) is 18.3 Å². The van der Waals surface area contributed by atoms with Crippen LogP contribution in [0.3, 0.4) is 0 Å². The predicted molar refractivity (Wildman–Crippen MR) is 79.4 cm³/mol. The molecule has 0 saturated carbocycles. The fourth-order valence-corrected chi connectivity index (χ4v) is 2.35. The van der Waals surface area contributed by atoms with Gasteiger partial charge in [-0.1, -0.05) is 0 Å². The molecule has 6 nitrogen and oxygen atoms in total. The molecule has 132 valence electrons. The van der Waals surface area contributed by atoms with Gasteiger partial charge in [0.2, 0.25) is 17.7 Å². The smallest absolute Gasteiger partial charge is 0.422 e. The van der Waals surface area contributed by atoms with E-state index in [1.807, 2.05) is 13.8 Å². The summed E-state index contributed by atoms with van der Waals surface area (Å²) in [7, 11) is 0. The van der Waals surface area contributed by atoms with Gasteiger partial charge in [0.15, 0.2) is 6.61 Å². The van der Waals surface area contributed by atoms with Gasteiger partial charge in [-0.3, -0.25) is 9.59 Å². The molecule has 2 rings (SSSR count). The number of ether oxygens (including phenoxy) is 1. The molecule has 1 aliphatic rings. The highest BCUT2D eigenvalue weighted by Gasteiger charge is 2.35. The molecule has 9 heteroatoms. The maximum absolute atomic E-state index is 12.2. The second-order valence-electron chi connectivity index (χ2n) is 5.82. The topological polar surface area (TPSA) is 71.5 Å². The molecule has 1 atom stereocenters. The molecule has 0 aromatic carbocycles. The number of hydrogen-bond donors (Lipinski definition) is 1. The number of pyridine rings is 1. The van der Waals surface area contributed by atoms with Gasteiger partial charge in [0.25, 0.3) is 0 Å². The fourth-order valence-electron chi connectivity index (χ4n) is 2.35. The number of carbonyl (C=O) groups excluding carboxylic acids is 2. The van der Waals surface area contributed by atoms with Crippen LogP contribution in [0.4, 0.5) is 18.9 Å². The molecule has 1 aromatic heterocycles. The maximum atomic E-state index is 12.2. The van der Waals surface area contributed by atoms with E-state index >= 15 is 0 Å². The Labute approximate surface area is 137 Å². The Morgan fingerprint density at radius 3 is 2.67 bits per heavy atom. The van der Waals surface area contributed by atoms with Crippen molar-refractivity contribution in [3.8, 4) is 5.88 Å². The number of alkyl halides is 3. The molecule has 2 heterocycles. The van der Waals surface area contributed by atoms with E-state index in [-0.39, 0.29) is 30.2 Å². The van der Waals surface area contributed by atoms with Gasteiger partial charge in [0.1, 0.15) is 0 Å². The molecule has 0 radical (unpaired) electrons. The lowest BCUT2D eigenvalue weighted by Crippen LogP contribution is -2.33. The number of aromatic nitrogens is 1. The molecular formula is C15H18F3N3O3. The van der Waals surface area contributed by atoms with E-state index in [0.717, 1.165) is 0 Å². The second kappa shape index (κ2) is 7.06. The van der Waals surface area contributed by atoms with Crippen LogP contribution in [0.5, 0.6) is 5.88 Å². The third-order valence-corrected chi connectivity index (χ3v) is 3.54. The Morgan fingerprint density at radius 1 is 1.46 bits per heavy atom. The van der Waals surface area contributed by atoms with Gasteiger partial charge >= 0.3 is 6.18 Å². The van der Waals surface area contributed by atoms with Gasteiger partial charge in [-0.15, -0.1) is 0 Å². The van der Waals surface area contributed by atoms with Gasteiger partial charge in [-0.25, -0.2) is 4.98 Å². The normalized spacial score (nSPS) is 18.2. The summed E-state index contributed by atoms with van der Waals surface area (Å²) in [6.45, 7) is 2.67. The van der Waals surface area contributed by atoms with Crippen LogP contribution in [0.2, 0.25) is 0 Å². The van der Waals surface area contributed by atoms with Crippen LogP contribution < -0.4 is 10.1 Å². The lowest BCUT2D eigenvalue weighted by atomic mass is 10.1. The quantitative estimate of drug-likeness (QED) is 0.888. The number of rotatable bonds is 5. The monoisotopic (exact) mass is 345 g/mol. The highest BCUT2D eigenvalue weighted by atomic mass is 19.4. The maximum Gasteiger partial charge on any atom is 0.422 e. The first-order valence-corrected chi connectivity index (χ1v) is 7.41. The molecule has 0 spiro atoms. The zero-order valence-corrected chi connectivity index (χ0v) is 13.3. The standard InChI is InChI=1S/C15H18F3N3O3/c1-9(2)21-7-10(5-13(21)22)14(23)20-11-3-4-12(19-6-11)24-8-15(16,17)18/h3-4,6,9-10H,5,7-8H2,1-2H3,(H,20,23). The number of anilines is 1. The van der Waals surface area contributed by atoms with E-state index < -0.39 is 18.7 Å². The van der Waals surface area contributed by atoms with E-state index in [2.05, 4.69) is 15.0 Å². The van der Waals surface area contributed by atoms with Gasteiger partial charge in [-0.05, 0) is 19.9 Å². The fraction of sp³-hybridized carbons (Fsp3) is 0.533. The molecule has 0 bridgehead atoms. The van der Waals surface area contributed by atoms with Gasteiger partial charge in [0, 0.05) is 25.1 Å². The van der Waals surface area contributed by atoms with Crippen LogP contribution in [0.25, 0.3) is 0 Å². The number of hydrogen-bond acceptors (Lipinski definition) is 4. The van der Waals surface area contributed by atoms with Crippen LogP contribution in [-0.2, 0) is 9.59 Å². The number of amides is 2. The first kappa shape index (κ1) is 18.0. The molecule has 1 aromatic rings. The van der Waals surface area contributed by atoms with Gasteiger partial charge in [-0.2, -0.15) is 13.2 Å². The molecule has 1 N–H and O–H groups in total. The van der Waals surface area contributed by atoms with Crippen molar-refractivity contribution in [3.05, 3.63) is 18.3 Å². The van der Waals surface area contributed by atoms with Crippen molar-refractivity contribution in [1.29, 1.82) is 0 Å². The number of likely N-dealkylation sites (tertiary alicyclic amines) is 1. The second-order valence-corrected chi connectivity index (χ2v) is 5.82. The lowest BCUT2D eigenvalue weighted by Gasteiger charge is -2.20. The SMILES string of the molecule is CC(C)N1CC(C(=O)Nc2ccc(OCC(F)(F)F)nc2)CC1=O. The van der Waals surface area contributed by atoms with Crippen LogP contribution >= 0.6 is 0 Å². The molecule has 0 aliphatic carbocycles. The highest BCUT2D eigenvalue weighted by Crippen LogP contribution is 2.22. The predicted octanol–water partition coefficient (Wildman–Crippen LogP) is 2.22. The minimum atomic E-state index is -4.44. The van der Waals surface area contributed by atoms with E-state index in [0.29, 0.717) is 12.2 Å². The Morgan fingerprint density at radius 2 is 2.17 bits per heavy atom. The van der Waals surface area contributed by atoms with E-state index in [1.165, 1.54) is 18.3 Å². The average Bonchev–Trinajstić information content (AvgIpc) is 2.88. The Balaban J connectivity index is 1.90. The Hall–Kier alpha value is -2.32. The summed E-state index contributed by atoms with van der Waals surface area (Å²) in [5.74, 6) is -1.04. The van der Waals surface area contributed by atoms with Crippen molar-refractivity contribution in [2.45, 2.75) is 32.5 Å². The van der Waals surface area contributed by atoms with Crippen molar-refractivity contribution in [1.82, 2.24) is 9.88 Å². The third kappa shape index (κ3) is 4.84. The molecule has 1 aliphatic heterocycles. The number of halogens is 3. The first-order valence-electron chi connectivity index (χ1n) is 7.41. The van der Waals surface area contributed by atoms with Crippen LogP contribution in [0, 0.1) is 5.92 Å². The summed E-state index contributed by atoms with van der Waals surface area (Å²) >= 11 is 0. The minimum Gasteiger partial charge on any atom is -0.468 e. The number of nitrogens with one attached hydrogen (secondary N) is 1. The summed E-state index contributed by atoms with van der Waals surface area (Å²) in [5, 5.41) is 2.61. The van der Waals surface area contributed by atoms with Crippen LogP contribution in [-0.4, -0.2) is 47.1 Å². The summed E-state index contributed by atoms with van der Waals surface area (Å²) in [6, 6.07) is 2.66. The van der Waals surface area contributed by atoms with Crippen molar-refractivity contribution in [3.63, 3.8) is 0 Å². The summed E-state index contributed by atoms with van der Waals surface area (Å²) < 4.78 is 40.6. The molecule has 1 unspecified atom stereocenters. The highest BCUT2D eigenvalue weighted by molar-refractivity contribution is 5.97. The van der Waals surface area contributed by atoms with E-state index in [9.17, 15) is 22.8 Å². The van der Waals surface area contributed by atoms with E-state index in [1.54, 1.807) is 4.90 Å². The molecular weight excluding hydrogens is 327 g/mol. The van der Waals surface area contributed by atoms with Crippen molar-refractivity contribution in [2.75, 3.05) is 18.5 Å². The summed E-state index contributed by atoms with van der Waals surface area (Å²) in [5.41, 5.74) is 0.329. The lowest BCUT2D eigenvalue weighted by molar-refractivity contribution is -0.154. The average molecular weight is 345 g/mol. The zero-order chi connectivity index (χ0) is 17.9. The molecule has 1 fully saturated rings. The Kier molecular flexibility index (Phi) is 5.30. The zero-order valence-electron chi connectivity index (χ0n) is 13.3. The van der Waals surface area contributed by atoms with Crippen molar-refractivity contribution >= 4 is 17.5 Å².